The zero-order valence-electron chi connectivity index (χ0n) is 15.9. The number of carbonyl (C=O) groups excluding carboxylic acids is 2. The van der Waals surface area contributed by atoms with E-state index in [0.717, 1.165) is 11.4 Å². The van der Waals surface area contributed by atoms with Gasteiger partial charge in [0.05, 0.1) is 11.3 Å². The fourth-order valence-electron chi connectivity index (χ4n) is 2.73. The molecule has 0 aliphatic heterocycles. The van der Waals surface area contributed by atoms with Gasteiger partial charge in [0.15, 0.2) is 0 Å². The molecule has 1 aromatic heterocycles. The van der Waals surface area contributed by atoms with Crippen LogP contribution in [0.1, 0.15) is 28.7 Å². The minimum absolute atomic E-state index is 0.148. The number of hydrogen-bond donors (Lipinski definition) is 3. The maximum atomic E-state index is 12.8. The lowest BCUT2D eigenvalue weighted by Gasteiger charge is -2.12. The summed E-state index contributed by atoms with van der Waals surface area (Å²) in [6.45, 7) is 5.23. The van der Waals surface area contributed by atoms with E-state index in [1.54, 1.807) is 42.5 Å². The van der Waals surface area contributed by atoms with Crippen LogP contribution in [0.4, 0.5) is 23.0 Å². The van der Waals surface area contributed by atoms with Crippen LogP contribution in [0.15, 0.2) is 54.6 Å². The van der Waals surface area contributed by atoms with Gasteiger partial charge in [-0.1, -0.05) is 12.1 Å². The molecule has 0 atom stereocenters. The first-order valence-electron chi connectivity index (χ1n) is 8.78. The van der Waals surface area contributed by atoms with Crippen LogP contribution in [0.5, 0.6) is 0 Å². The van der Waals surface area contributed by atoms with Crippen molar-refractivity contribution < 1.29 is 9.59 Å². The Hall–Kier alpha value is -3.74. The lowest BCUT2D eigenvalue weighted by molar-refractivity contribution is -0.114. The SMILES string of the molecule is CC(=O)Nc1ccc(NC(=O)c2ccccc2Nc2nc(C)cc(C)n2)cc1. The third-order valence-electron chi connectivity index (χ3n) is 3.86. The van der Waals surface area contributed by atoms with Crippen molar-refractivity contribution in [1.82, 2.24) is 9.97 Å². The predicted octanol–water partition coefficient (Wildman–Crippen LogP) is 4.05. The average molecular weight is 375 g/mol. The summed E-state index contributed by atoms with van der Waals surface area (Å²) in [6, 6.07) is 16.0. The van der Waals surface area contributed by atoms with Gasteiger partial charge in [0, 0.05) is 29.7 Å². The van der Waals surface area contributed by atoms with Gasteiger partial charge in [0.2, 0.25) is 11.9 Å². The number of amides is 2. The quantitative estimate of drug-likeness (QED) is 0.625. The standard InChI is InChI=1S/C21H21N5O2/c1-13-12-14(2)23-21(22-13)26-19-7-5-4-6-18(19)20(28)25-17-10-8-16(9-11-17)24-15(3)27/h4-12H,1-3H3,(H,24,27)(H,25,28)(H,22,23,26). The molecule has 7 heteroatoms. The molecular formula is C21H21N5O2. The summed E-state index contributed by atoms with van der Waals surface area (Å²) in [5, 5.41) is 8.66. The number of anilines is 4. The number of hydrogen-bond acceptors (Lipinski definition) is 5. The third-order valence-corrected chi connectivity index (χ3v) is 3.86. The van der Waals surface area contributed by atoms with Gasteiger partial charge >= 0.3 is 0 Å². The van der Waals surface area contributed by atoms with Crippen molar-refractivity contribution in [3.8, 4) is 0 Å². The summed E-state index contributed by atoms with van der Waals surface area (Å²) in [7, 11) is 0. The Morgan fingerprint density at radius 3 is 2.00 bits per heavy atom. The molecule has 0 spiro atoms. The van der Waals surface area contributed by atoms with E-state index in [0.29, 0.717) is 28.6 Å². The summed E-state index contributed by atoms with van der Waals surface area (Å²) < 4.78 is 0. The lowest BCUT2D eigenvalue weighted by atomic mass is 10.1. The zero-order valence-corrected chi connectivity index (χ0v) is 15.9. The van der Waals surface area contributed by atoms with Crippen molar-refractivity contribution in [3.05, 3.63) is 71.5 Å². The number of carbonyl (C=O) groups is 2. The third kappa shape index (κ3) is 4.91. The fourth-order valence-corrected chi connectivity index (χ4v) is 2.73. The molecule has 1 heterocycles. The first-order valence-corrected chi connectivity index (χ1v) is 8.78. The van der Waals surface area contributed by atoms with Crippen molar-refractivity contribution in [2.24, 2.45) is 0 Å². The largest absolute Gasteiger partial charge is 0.326 e. The van der Waals surface area contributed by atoms with Crippen LogP contribution in [0, 0.1) is 13.8 Å². The second-order valence-corrected chi connectivity index (χ2v) is 6.36. The van der Waals surface area contributed by atoms with Crippen LogP contribution in [0.2, 0.25) is 0 Å². The second kappa shape index (κ2) is 8.30. The zero-order chi connectivity index (χ0) is 20.1. The van der Waals surface area contributed by atoms with Crippen molar-refractivity contribution >= 4 is 34.8 Å². The molecule has 2 aromatic carbocycles. The van der Waals surface area contributed by atoms with E-state index in [-0.39, 0.29) is 11.8 Å². The summed E-state index contributed by atoms with van der Waals surface area (Å²) in [6.07, 6.45) is 0. The number of nitrogens with one attached hydrogen (secondary N) is 3. The van der Waals surface area contributed by atoms with Gasteiger partial charge in [-0.3, -0.25) is 9.59 Å². The van der Waals surface area contributed by atoms with Crippen LogP contribution in [-0.4, -0.2) is 21.8 Å². The Labute approximate surface area is 163 Å². The number of benzene rings is 2. The molecule has 0 unspecified atom stereocenters. The van der Waals surface area contributed by atoms with Gasteiger partial charge < -0.3 is 16.0 Å². The summed E-state index contributed by atoms with van der Waals surface area (Å²) in [5.74, 6) is 0.0301. The van der Waals surface area contributed by atoms with Gasteiger partial charge in [-0.2, -0.15) is 0 Å². The molecule has 7 nitrogen and oxygen atoms in total. The highest BCUT2D eigenvalue weighted by molar-refractivity contribution is 6.08. The van der Waals surface area contributed by atoms with Gasteiger partial charge in [0.1, 0.15) is 0 Å². The maximum Gasteiger partial charge on any atom is 0.257 e. The van der Waals surface area contributed by atoms with E-state index in [2.05, 4.69) is 25.9 Å². The maximum absolute atomic E-state index is 12.8. The molecule has 0 saturated heterocycles. The van der Waals surface area contributed by atoms with Crippen molar-refractivity contribution in [2.75, 3.05) is 16.0 Å². The molecule has 0 radical (unpaired) electrons. The molecule has 2 amide bonds. The molecule has 142 valence electrons. The normalized spacial score (nSPS) is 10.2. The summed E-state index contributed by atoms with van der Waals surface area (Å²) >= 11 is 0. The Bertz CT molecular complexity index is 995. The number of aromatic nitrogens is 2. The smallest absolute Gasteiger partial charge is 0.257 e. The Kier molecular flexibility index (Phi) is 5.64. The molecule has 3 aromatic rings. The van der Waals surface area contributed by atoms with E-state index >= 15 is 0 Å². The highest BCUT2D eigenvalue weighted by Crippen LogP contribution is 2.21. The van der Waals surface area contributed by atoms with E-state index < -0.39 is 0 Å². The topological polar surface area (TPSA) is 96.0 Å². The van der Waals surface area contributed by atoms with Gasteiger partial charge in [0.25, 0.3) is 5.91 Å². The molecule has 0 fully saturated rings. The molecule has 0 aliphatic rings. The minimum atomic E-state index is -0.264. The van der Waals surface area contributed by atoms with Gasteiger partial charge in [-0.05, 0) is 56.3 Å². The van der Waals surface area contributed by atoms with E-state index in [4.69, 9.17) is 0 Å². The molecule has 3 N–H and O–H groups in total. The number of para-hydroxylation sites is 1. The number of nitrogens with zero attached hydrogens (tertiary/aromatic N) is 2. The van der Waals surface area contributed by atoms with E-state index in [1.807, 2.05) is 26.0 Å². The Balaban J connectivity index is 1.78. The van der Waals surface area contributed by atoms with Crippen LogP contribution >= 0.6 is 0 Å². The van der Waals surface area contributed by atoms with E-state index in [1.165, 1.54) is 6.92 Å². The van der Waals surface area contributed by atoms with E-state index in [9.17, 15) is 9.59 Å². The Morgan fingerprint density at radius 1 is 0.821 bits per heavy atom. The van der Waals surface area contributed by atoms with Crippen LogP contribution in [0.25, 0.3) is 0 Å². The molecule has 0 bridgehead atoms. The molecule has 3 rings (SSSR count). The summed E-state index contributed by atoms with van der Waals surface area (Å²) in [4.78, 5) is 32.6. The molecule has 0 aliphatic carbocycles. The average Bonchev–Trinajstić information content (AvgIpc) is 2.62. The van der Waals surface area contributed by atoms with Crippen molar-refractivity contribution in [1.29, 1.82) is 0 Å². The minimum Gasteiger partial charge on any atom is -0.326 e. The molecule has 0 saturated carbocycles. The Morgan fingerprint density at radius 2 is 1.39 bits per heavy atom. The number of rotatable bonds is 5. The molecular weight excluding hydrogens is 354 g/mol. The van der Waals surface area contributed by atoms with Gasteiger partial charge in [-0.25, -0.2) is 9.97 Å². The van der Waals surface area contributed by atoms with Crippen molar-refractivity contribution in [2.45, 2.75) is 20.8 Å². The first-order chi connectivity index (χ1) is 13.4. The lowest BCUT2D eigenvalue weighted by Crippen LogP contribution is -2.14. The fraction of sp³-hybridized carbons (Fsp3) is 0.143. The second-order valence-electron chi connectivity index (χ2n) is 6.36. The molecule has 28 heavy (non-hydrogen) atoms. The monoisotopic (exact) mass is 375 g/mol. The van der Waals surface area contributed by atoms with Crippen LogP contribution in [0.3, 0.4) is 0 Å². The summed E-state index contributed by atoms with van der Waals surface area (Å²) in [5.41, 5.74) is 4.06. The van der Waals surface area contributed by atoms with Crippen LogP contribution in [-0.2, 0) is 4.79 Å². The first kappa shape index (κ1) is 19.0. The highest BCUT2D eigenvalue weighted by atomic mass is 16.2. The predicted molar refractivity (Wildman–Crippen MR) is 110 cm³/mol. The van der Waals surface area contributed by atoms with Crippen LogP contribution < -0.4 is 16.0 Å². The number of aryl methyl sites for hydroxylation is 2. The highest BCUT2D eigenvalue weighted by Gasteiger charge is 2.13. The van der Waals surface area contributed by atoms with Gasteiger partial charge in [-0.15, -0.1) is 0 Å². The van der Waals surface area contributed by atoms with Crippen molar-refractivity contribution in [3.63, 3.8) is 0 Å².